The summed E-state index contributed by atoms with van der Waals surface area (Å²) in [4.78, 5) is 17.6. The zero-order chi connectivity index (χ0) is 13.9. The molecule has 0 amide bonds. The van der Waals surface area contributed by atoms with Crippen molar-refractivity contribution in [1.82, 2.24) is 9.88 Å². The summed E-state index contributed by atoms with van der Waals surface area (Å²) in [7, 11) is 1.60. The third-order valence-corrected chi connectivity index (χ3v) is 3.89. The standard InChI is InChI=1S/C14H20N2O3/c1-14(13(17)18)5-7-16(8-6-14)10-11-3-4-12(19-2)15-9-11/h3-4,9H,5-8,10H2,1-2H3,(H,17,18). The van der Waals surface area contributed by atoms with Gasteiger partial charge in [-0.3, -0.25) is 9.69 Å². The Morgan fingerprint density at radius 2 is 2.16 bits per heavy atom. The number of carbonyl (C=O) groups is 1. The Hall–Kier alpha value is -1.62. The molecule has 0 aliphatic carbocycles. The summed E-state index contributed by atoms with van der Waals surface area (Å²) in [6.07, 6.45) is 3.21. The van der Waals surface area contributed by atoms with Gasteiger partial charge in [-0.2, -0.15) is 0 Å². The molecule has 1 aliphatic heterocycles. The van der Waals surface area contributed by atoms with Gasteiger partial charge in [0.25, 0.3) is 0 Å². The number of nitrogens with zero attached hydrogens (tertiary/aromatic N) is 2. The van der Waals surface area contributed by atoms with E-state index in [9.17, 15) is 9.90 Å². The summed E-state index contributed by atoms with van der Waals surface area (Å²) >= 11 is 0. The molecular formula is C14H20N2O3. The lowest BCUT2D eigenvalue weighted by Gasteiger charge is -2.36. The number of piperidine rings is 1. The van der Waals surface area contributed by atoms with E-state index in [0.29, 0.717) is 18.7 Å². The van der Waals surface area contributed by atoms with Crippen molar-refractivity contribution in [3.8, 4) is 5.88 Å². The van der Waals surface area contributed by atoms with Crippen LogP contribution < -0.4 is 4.74 Å². The first-order valence-electron chi connectivity index (χ1n) is 6.48. The predicted molar refractivity (Wildman–Crippen MR) is 71.0 cm³/mol. The Balaban J connectivity index is 1.90. The lowest BCUT2D eigenvalue weighted by Crippen LogP contribution is -2.42. The van der Waals surface area contributed by atoms with Gasteiger partial charge in [-0.1, -0.05) is 6.07 Å². The average molecular weight is 264 g/mol. The smallest absolute Gasteiger partial charge is 0.309 e. The molecule has 2 heterocycles. The molecule has 1 aromatic rings. The van der Waals surface area contributed by atoms with Crippen LogP contribution >= 0.6 is 0 Å². The van der Waals surface area contributed by atoms with Gasteiger partial charge in [-0.15, -0.1) is 0 Å². The fourth-order valence-electron chi connectivity index (χ4n) is 2.30. The van der Waals surface area contributed by atoms with Crippen LogP contribution in [0.15, 0.2) is 18.3 Å². The molecule has 1 aliphatic rings. The molecule has 5 nitrogen and oxygen atoms in total. The summed E-state index contributed by atoms with van der Waals surface area (Å²) in [5.74, 6) is -0.0703. The van der Waals surface area contributed by atoms with Gasteiger partial charge in [0.15, 0.2) is 0 Å². The molecule has 0 atom stereocenters. The third kappa shape index (κ3) is 3.23. The van der Waals surface area contributed by atoms with Crippen LogP contribution in [0.3, 0.4) is 0 Å². The first-order valence-corrected chi connectivity index (χ1v) is 6.48. The number of carboxylic acids is 1. The lowest BCUT2D eigenvalue weighted by atomic mass is 9.80. The molecule has 0 radical (unpaired) electrons. The zero-order valence-corrected chi connectivity index (χ0v) is 11.4. The minimum atomic E-state index is -0.682. The number of hydrogen-bond donors (Lipinski definition) is 1. The topological polar surface area (TPSA) is 62.7 Å². The van der Waals surface area contributed by atoms with Crippen LogP contribution in [0, 0.1) is 5.41 Å². The second-order valence-corrected chi connectivity index (χ2v) is 5.35. The number of rotatable bonds is 4. The second-order valence-electron chi connectivity index (χ2n) is 5.35. The Morgan fingerprint density at radius 3 is 2.63 bits per heavy atom. The van der Waals surface area contributed by atoms with Gasteiger partial charge in [-0.05, 0) is 38.4 Å². The highest BCUT2D eigenvalue weighted by atomic mass is 16.5. The number of carboxylic acid groups (broad SMARTS) is 1. The van der Waals surface area contributed by atoms with Gasteiger partial charge in [0.1, 0.15) is 0 Å². The SMILES string of the molecule is COc1ccc(CN2CCC(C)(C(=O)O)CC2)cn1. The number of methoxy groups -OCH3 is 1. The molecule has 1 fully saturated rings. The summed E-state index contributed by atoms with van der Waals surface area (Å²) < 4.78 is 5.02. The van der Waals surface area contributed by atoms with Gasteiger partial charge < -0.3 is 9.84 Å². The first-order chi connectivity index (χ1) is 9.03. The monoisotopic (exact) mass is 264 g/mol. The van der Waals surface area contributed by atoms with E-state index in [1.807, 2.05) is 25.3 Å². The third-order valence-electron chi connectivity index (χ3n) is 3.89. The van der Waals surface area contributed by atoms with Crippen molar-refractivity contribution in [2.75, 3.05) is 20.2 Å². The van der Waals surface area contributed by atoms with Gasteiger partial charge in [0, 0.05) is 18.8 Å². The van der Waals surface area contributed by atoms with E-state index in [1.165, 1.54) is 0 Å². The quantitative estimate of drug-likeness (QED) is 0.898. The molecule has 0 unspecified atom stereocenters. The van der Waals surface area contributed by atoms with Crippen molar-refractivity contribution in [1.29, 1.82) is 0 Å². The first kappa shape index (κ1) is 13.8. The minimum Gasteiger partial charge on any atom is -0.481 e. The highest BCUT2D eigenvalue weighted by Gasteiger charge is 2.36. The van der Waals surface area contributed by atoms with E-state index in [2.05, 4.69) is 9.88 Å². The Labute approximate surface area is 113 Å². The Bertz CT molecular complexity index is 437. The van der Waals surface area contributed by atoms with Crippen LogP contribution in [0.2, 0.25) is 0 Å². The molecule has 1 saturated heterocycles. The molecular weight excluding hydrogens is 244 g/mol. The molecule has 1 N–H and O–H groups in total. The number of pyridine rings is 1. The van der Waals surface area contributed by atoms with E-state index in [4.69, 9.17) is 4.74 Å². The molecule has 5 heteroatoms. The number of ether oxygens (including phenoxy) is 1. The largest absolute Gasteiger partial charge is 0.481 e. The fraction of sp³-hybridized carbons (Fsp3) is 0.571. The average Bonchev–Trinajstić information content (AvgIpc) is 2.42. The maximum Gasteiger partial charge on any atom is 0.309 e. The summed E-state index contributed by atoms with van der Waals surface area (Å²) in [6.45, 7) is 4.28. The lowest BCUT2D eigenvalue weighted by molar-refractivity contribution is -0.150. The zero-order valence-electron chi connectivity index (χ0n) is 11.4. The molecule has 0 bridgehead atoms. The van der Waals surface area contributed by atoms with Crippen molar-refractivity contribution in [3.63, 3.8) is 0 Å². The Kier molecular flexibility index (Phi) is 4.04. The number of aliphatic carboxylic acids is 1. The van der Waals surface area contributed by atoms with E-state index in [0.717, 1.165) is 25.2 Å². The summed E-state index contributed by atoms with van der Waals surface area (Å²) in [5, 5.41) is 9.19. The van der Waals surface area contributed by atoms with Crippen LogP contribution in [-0.4, -0.2) is 41.2 Å². The van der Waals surface area contributed by atoms with Crippen LogP contribution in [-0.2, 0) is 11.3 Å². The van der Waals surface area contributed by atoms with Crippen LogP contribution in [0.25, 0.3) is 0 Å². The van der Waals surface area contributed by atoms with Gasteiger partial charge >= 0.3 is 5.97 Å². The van der Waals surface area contributed by atoms with Gasteiger partial charge in [-0.25, -0.2) is 4.98 Å². The molecule has 19 heavy (non-hydrogen) atoms. The predicted octanol–water partition coefficient (Wildman–Crippen LogP) is 1.78. The van der Waals surface area contributed by atoms with E-state index < -0.39 is 11.4 Å². The maximum atomic E-state index is 11.2. The molecule has 0 aromatic carbocycles. The van der Waals surface area contributed by atoms with Crippen molar-refractivity contribution in [2.45, 2.75) is 26.3 Å². The van der Waals surface area contributed by atoms with Crippen molar-refractivity contribution in [3.05, 3.63) is 23.9 Å². The highest BCUT2D eigenvalue weighted by Crippen LogP contribution is 2.31. The number of aromatic nitrogens is 1. The summed E-state index contributed by atoms with van der Waals surface area (Å²) in [5.41, 5.74) is 0.564. The van der Waals surface area contributed by atoms with Gasteiger partial charge in [0.05, 0.1) is 12.5 Å². The van der Waals surface area contributed by atoms with E-state index >= 15 is 0 Å². The molecule has 104 valence electrons. The van der Waals surface area contributed by atoms with Crippen molar-refractivity contribution >= 4 is 5.97 Å². The van der Waals surface area contributed by atoms with Gasteiger partial charge in [0.2, 0.25) is 5.88 Å². The van der Waals surface area contributed by atoms with Crippen molar-refractivity contribution in [2.24, 2.45) is 5.41 Å². The Morgan fingerprint density at radius 1 is 1.47 bits per heavy atom. The normalized spacial score (nSPS) is 19.1. The van der Waals surface area contributed by atoms with Crippen LogP contribution in [0.5, 0.6) is 5.88 Å². The summed E-state index contributed by atoms with van der Waals surface area (Å²) in [6, 6.07) is 3.84. The van der Waals surface area contributed by atoms with Crippen LogP contribution in [0.1, 0.15) is 25.3 Å². The van der Waals surface area contributed by atoms with Crippen LogP contribution in [0.4, 0.5) is 0 Å². The molecule has 0 spiro atoms. The minimum absolute atomic E-state index is 0.561. The maximum absolute atomic E-state index is 11.2. The number of likely N-dealkylation sites (tertiary alicyclic amines) is 1. The van der Waals surface area contributed by atoms with E-state index in [1.54, 1.807) is 7.11 Å². The van der Waals surface area contributed by atoms with E-state index in [-0.39, 0.29) is 0 Å². The molecule has 1 aromatic heterocycles. The second kappa shape index (κ2) is 5.57. The molecule has 2 rings (SSSR count). The van der Waals surface area contributed by atoms with Crippen molar-refractivity contribution < 1.29 is 14.6 Å². The highest BCUT2D eigenvalue weighted by molar-refractivity contribution is 5.74. The molecule has 0 saturated carbocycles. The number of hydrogen-bond acceptors (Lipinski definition) is 4. The fourth-order valence-corrected chi connectivity index (χ4v) is 2.30.